The molecule has 0 aliphatic heterocycles. The molecule has 104 valence electrons. The summed E-state index contributed by atoms with van der Waals surface area (Å²) < 4.78 is 10.4. The quantitative estimate of drug-likeness (QED) is 0.451. The third kappa shape index (κ3) is 4.31. The van der Waals surface area contributed by atoms with E-state index in [4.69, 9.17) is 9.47 Å². The molecule has 0 N–H and O–H groups in total. The van der Waals surface area contributed by atoms with E-state index in [1.54, 1.807) is 18.9 Å². The van der Waals surface area contributed by atoms with Crippen molar-refractivity contribution in [1.82, 2.24) is 0 Å². The lowest BCUT2D eigenvalue weighted by Crippen LogP contribution is -2.06. The van der Waals surface area contributed by atoms with Crippen molar-refractivity contribution in [3.05, 3.63) is 29.3 Å². The highest BCUT2D eigenvalue weighted by Gasteiger charge is 2.09. The second-order valence-electron chi connectivity index (χ2n) is 3.86. The fraction of sp³-hybridized carbons (Fsp3) is 0.400. The van der Waals surface area contributed by atoms with Crippen LogP contribution in [-0.4, -0.2) is 25.9 Å². The van der Waals surface area contributed by atoms with Crippen molar-refractivity contribution in [3.8, 4) is 5.75 Å². The highest BCUT2D eigenvalue weighted by molar-refractivity contribution is 7.98. The topological polar surface area (TPSA) is 35.5 Å². The van der Waals surface area contributed by atoms with Crippen LogP contribution in [0, 0.1) is 0 Å². The van der Waals surface area contributed by atoms with Gasteiger partial charge in [0.1, 0.15) is 5.75 Å². The van der Waals surface area contributed by atoms with Gasteiger partial charge in [-0.05, 0) is 43.4 Å². The molecule has 0 amide bonds. The predicted octanol–water partition coefficient (Wildman–Crippen LogP) is 3.77. The molecule has 0 spiro atoms. The van der Waals surface area contributed by atoms with E-state index < -0.39 is 0 Å². The molecule has 0 heterocycles. The van der Waals surface area contributed by atoms with E-state index in [0.717, 1.165) is 16.2 Å². The van der Waals surface area contributed by atoms with Crippen molar-refractivity contribution >= 4 is 23.8 Å². The molecule has 0 radical (unpaired) electrons. The summed E-state index contributed by atoms with van der Waals surface area (Å²) in [5.74, 6) is 0.568. The number of carbonyl (C=O) groups is 1. The highest BCUT2D eigenvalue weighted by Crippen LogP contribution is 2.29. The Hall–Kier alpha value is -1.42. The largest absolute Gasteiger partial charge is 0.496 e. The van der Waals surface area contributed by atoms with Gasteiger partial charge in [-0.25, -0.2) is 4.79 Å². The van der Waals surface area contributed by atoms with E-state index >= 15 is 0 Å². The normalized spacial score (nSPS) is 11.3. The number of methoxy groups -OCH3 is 1. The highest BCUT2D eigenvalue weighted by atomic mass is 32.2. The molecule has 19 heavy (non-hydrogen) atoms. The van der Waals surface area contributed by atoms with Crippen molar-refractivity contribution in [2.45, 2.75) is 25.2 Å². The SMILES string of the molecule is CCOC(=O)/C(=C/c1ccc(SC)c(OC)c1)CC. The summed E-state index contributed by atoms with van der Waals surface area (Å²) in [5, 5.41) is 0. The summed E-state index contributed by atoms with van der Waals surface area (Å²) in [6.45, 7) is 4.14. The molecule has 0 bridgehead atoms. The summed E-state index contributed by atoms with van der Waals surface area (Å²) in [6.07, 6.45) is 4.50. The summed E-state index contributed by atoms with van der Waals surface area (Å²) in [6, 6.07) is 5.90. The Bertz CT molecular complexity index is 466. The van der Waals surface area contributed by atoms with E-state index in [9.17, 15) is 4.79 Å². The van der Waals surface area contributed by atoms with Gasteiger partial charge in [-0.1, -0.05) is 13.0 Å². The number of ether oxygens (including phenoxy) is 2. The van der Waals surface area contributed by atoms with Crippen LogP contribution in [-0.2, 0) is 9.53 Å². The first-order chi connectivity index (χ1) is 9.15. The smallest absolute Gasteiger partial charge is 0.333 e. The van der Waals surface area contributed by atoms with Gasteiger partial charge in [0.05, 0.1) is 13.7 Å². The fourth-order valence-electron chi connectivity index (χ4n) is 1.67. The van der Waals surface area contributed by atoms with Gasteiger partial charge in [-0.2, -0.15) is 0 Å². The number of hydrogen-bond acceptors (Lipinski definition) is 4. The van der Waals surface area contributed by atoms with Gasteiger partial charge in [-0.15, -0.1) is 11.8 Å². The van der Waals surface area contributed by atoms with Crippen molar-refractivity contribution in [3.63, 3.8) is 0 Å². The molecule has 0 unspecified atom stereocenters. The average molecular weight is 280 g/mol. The van der Waals surface area contributed by atoms with Gasteiger partial charge in [0.2, 0.25) is 0 Å². The van der Waals surface area contributed by atoms with Gasteiger partial charge in [0, 0.05) is 10.5 Å². The molecule has 3 nitrogen and oxygen atoms in total. The summed E-state index contributed by atoms with van der Waals surface area (Å²) in [7, 11) is 1.65. The Kier molecular flexibility index (Phi) is 6.50. The maximum absolute atomic E-state index is 11.7. The molecule has 0 saturated heterocycles. The molecule has 0 saturated carbocycles. The van der Waals surface area contributed by atoms with Gasteiger partial charge in [0.15, 0.2) is 0 Å². The zero-order valence-electron chi connectivity index (χ0n) is 11.9. The Morgan fingerprint density at radius 2 is 2.11 bits per heavy atom. The minimum Gasteiger partial charge on any atom is -0.496 e. The molecule has 1 rings (SSSR count). The Morgan fingerprint density at radius 3 is 2.63 bits per heavy atom. The van der Waals surface area contributed by atoms with Crippen LogP contribution >= 0.6 is 11.8 Å². The Morgan fingerprint density at radius 1 is 1.37 bits per heavy atom. The maximum atomic E-state index is 11.7. The minimum atomic E-state index is -0.252. The molecule has 1 aromatic rings. The minimum absolute atomic E-state index is 0.252. The first kappa shape index (κ1) is 15.6. The van der Waals surface area contributed by atoms with Crippen molar-refractivity contribution in [2.75, 3.05) is 20.0 Å². The molecule has 0 aromatic heterocycles. The van der Waals surface area contributed by atoms with Crippen LogP contribution < -0.4 is 4.74 Å². The van der Waals surface area contributed by atoms with Gasteiger partial charge < -0.3 is 9.47 Å². The maximum Gasteiger partial charge on any atom is 0.333 e. The number of thioether (sulfide) groups is 1. The van der Waals surface area contributed by atoms with Crippen LogP contribution in [0.2, 0.25) is 0 Å². The lowest BCUT2D eigenvalue weighted by Gasteiger charge is -2.08. The van der Waals surface area contributed by atoms with Crippen LogP contribution in [0.5, 0.6) is 5.75 Å². The Balaban J connectivity index is 3.05. The van der Waals surface area contributed by atoms with Gasteiger partial charge in [-0.3, -0.25) is 0 Å². The third-order valence-electron chi connectivity index (χ3n) is 2.67. The molecule has 0 atom stereocenters. The zero-order valence-corrected chi connectivity index (χ0v) is 12.7. The second-order valence-corrected chi connectivity index (χ2v) is 4.71. The first-order valence-electron chi connectivity index (χ1n) is 6.25. The van der Waals surface area contributed by atoms with E-state index in [2.05, 4.69) is 0 Å². The monoisotopic (exact) mass is 280 g/mol. The molecule has 0 fully saturated rings. The van der Waals surface area contributed by atoms with Crippen LogP contribution in [0.3, 0.4) is 0 Å². The first-order valence-corrected chi connectivity index (χ1v) is 7.48. The molecular formula is C15H20O3S. The lowest BCUT2D eigenvalue weighted by atomic mass is 10.1. The van der Waals surface area contributed by atoms with Gasteiger partial charge in [0.25, 0.3) is 0 Å². The lowest BCUT2D eigenvalue weighted by molar-refractivity contribution is -0.138. The van der Waals surface area contributed by atoms with Gasteiger partial charge >= 0.3 is 5.97 Å². The van der Waals surface area contributed by atoms with Crippen LogP contribution in [0.15, 0.2) is 28.7 Å². The Labute approximate surface area is 119 Å². The van der Waals surface area contributed by atoms with Crippen molar-refractivity contribution in [1.29, 1.82) is 0 Å². The molecule has 0 aliphatic rings. The van der Waals surface area contributed by atoms with Crippen LogP contribution in [0.4, 0.5) is 0 Å². The average Bonchev–Trinajstić information content (AvgIpc) is 2.44. The van der Waals surface area contributed by atoms with Crippen molar-refractivity contribution in [2.24, 2.45) is 0 Å². The van der Waals surface area contributed by atoms with Crippen LogP contribution in [0.1, 0.15) is 25.8 Å². The molecule has 0 aliphatic carbocycles. The molecular weight excluding hydrogens is 260 g/mol. The number of carbonyl (C=O) groups excluding carboxylic acids is 1. The van der Waals surface area contributed by atoms with Crippen molar-refractivity contribution < 1.29 is 14.3 Å². The third-order valence-corrected chi connectivity index (χ3v) is 3.44. The van der Waals surface area contributed by atoms with E-state index in [-0.39, 0.29) is 5.97 Å². The van der Waals surface area contributed by atoms with E-state index in [1.165, 1.54) is 0 Å². The molecule has 4 heteroatoms. The number of hydrogen-bond donors (Lipinski definition) is 0. The summed E-state index contributed by atoms with van der Waals surface area (Å²) >= 11 is 1.63. The van der Waals surface area contributed by atoms with E-state index in [0.29, 0.717) is 18.6 Å². The summed E-state index contributed by atoms with van der Waals surface area (Å²) in [5.41, 5.74) is 1.61. The summed E-state index contributed by atoms with van der Waals surface area (Å²) in [4.78, 5) is 12.8. The second kappa shape index (κ2) is 7.89. The predicted molar refractivity (Wildman–Crippen MR) is 79.7 cm³/mol. The zero-order chi connectivity index (χ0) is 14.3. The standard InChI is InChI=1S/C15H20O3S/c1-5-12(15(16)18-6-2)9-11-7-8-14(19-4)13(10-11)17-3/h7-10H,5-6H2,1-4H3/b12-9+. The number of rotatable bonds is 6. The van der Waals surface area contributed by atoms with E-state index in [1.807, 2.05) is 44.4 Å². The van der Waals surface area contributed by atoms with Crippen LogP contribution in [0.25, 0.3) is 6.08 Å². The fourth-order valence-corrected chi connectivity index (χ4v) is 2.22. The molecule has 1 aromatic carbocycles. The number of benzene rings is 1. The number of esters is 1.